The largest absolute Gasteiger partial charge is 0.508 e. The van der Waals surface area contributed by atoms with Crippen LogP contribution in [0, 0.1) is 6.92 Å². The summed E-state index contributed by atoms with van der Waals surface area (Å²) >= 11 is 0. The number of benzene rings is 1. The molecule has 1 aliphatic rings. The van der Waals surface area contributed by atoms with Crippen LogP contribution < -0.4 is 0 Å². The third kappa shape index (κ3) is 4.45. The number of rotatable bonds is 3. The predicted molar refractivity (Wildman–Crippen MR) is 87.3 cm³/mol. The summed E-state index contributed by atoms with van der Waals surface area (Å²) in [5, 5.41) is 11.6. The lowest BCUT2D eigenvalue weighted by molar-refractivity contribution is -0.257. The van der Waals surface area contributed by atoms with Crippen LogP contribution in [0.4, 0.5) is 4.79 Å². The van der Waals surface area contributed by atoms with Crippen molar-refractivity contribution in [1.29, 1.82) is 0 Å². The maximum atomic E-state index is 11.9. The van der Waals surface area contributed by atoms with Crippen molar-refractivity contribution in [3.05, 3.63) is 35.4 Å². The standard InChI is InChI=1S/C18H27NO4/c1-13-6-8-14(9-7-13)12-22-16(20)23-15-10-17(2,3)19(21)18(4,5)11-15/h6-9,15,21H,10-12H2,1-5H3. The number of hydrogen-bond donors (Lipinski definition) is 1. The molecule has 2 rings (SSSR count). The van der Waals surface area contributed by atoms with E-state index in [2.05, 4.69) is 0 Å². The smallest absolute Gasteiger partial charge is 0.431 e. The van der Waals surface area contributed by atoms with Gasteiger partial charge < -0.3 is 14.7 Å². The average Bonchev–Trinajstić information content (AvgIpc) is 2.43. The molecule has 0 amide bonds. The van der Waals surface area contributed by atoms with E-state index in [0.717, 1.165) is 11.1 Å². The summed E-state index contributed by atoms with van der Waals surface area (Å²) in [6, 6.07) is 7.82. The van der Waals surface area contributed by atoms with E-state index < -0.39 is 17.2 Å². The van der Waals surface area contributed by atoms with Gasteiger partial charge in [0.2, 0.25) is 0 Å². The van der Waals surface area contributed by atoms with Crippen molar-refractivity contribution in [2.75, 3.05) is 0 Å². The van der Waals surface area contributed by atoms with E-state index in [1.54, 1.807) is 0 Å². The third-order valence-corrected chi connectivity index (χ3v) is 4.34. The van der Waals surface area contributed by atoms with Gasteiger partial charge in [0, 0.05) is 23.9 Å². The number of carbonyl (C=O) groups is 1. The Kier molecular flexibility index (Phi) is 5.01. The van der Waals surface area contributed by atoms with Gasteiger partial charge in [0.15, 0.2) is 0 Å². The number of ether oxygens (including phenoxy) is 2. The van der Waals surface area contributed by atoms with Crippen molar-refractivity contribution in [2.24, 2.45) is 0 Å². The van der Waals surface area contributed by atoms with E-state index in [4.69, 9.17) is 9.47 Å². The van der Waals surface area contributed by atoms with Gasteiger partial charge >= 0.3 is 6.16 Å². The quantitative estimate of drug-likeness (QED) is 0.851. The van der Waals surface area contributed by atoms with Gasteiger partial charge in [0.25, 0.3) is 0 Å². The van der Waals surface area contributed by atoms with Gasteiger partial charge in [-0.25, -0.2) is 4.79 Å². The molecule has 1 aromatic rings. The summed E-state index contributed by atoms with van der Waals surface area (Å²) in [6.45, 7) is 9.94. The van der Waals surface area contributed by atoms with Gasteiger partial charge in [-0.1, -0.05) is 29.8 Å². The lowest BCUT2D eigenvalue weighted by Crippen LogP contribution is -2.60. The van der Waals surface area contributed by atoms with Crippen molar-refractivity contribution in [3.63, 3.8) is 0 Å². The Morgan fingerprint density at radius 2 is 1.70 bits per heavy atom. The molecule has 5 heteroatoms. The molecule has 0 radical (unpaired) electrons. The first-order chi connectivity index (χ1) is 10.6. The second-order valence-corrected chi connectivity index (χ2v) is 7.61. The molecule has 1 fully saturated rings. The normalized spacial score (nSPS) is 21.0. The highest BCUT2D eigenvalue weighted by atomic mass is 16.7. The summed E-state index contributed by atoms with van der Waals surface area (Å²) in [5.74, 6) is 0. The van der Waals surface area contributed by atoms with E-state index in [9.17, 15) is 10.0 Å². The van der Waals surface area contributed by atoms with Crippen LogP contribution in [0.3, 0.4) is 0 Å². The molecule has 1 aromatic carbocycles. The van der Waals surface area contributed by atoms with E-state index in [0.29, 0.717) is 12.8 Å². The molecule has 1 heterocycles. The zero-order valence-corrected chi connectivity index (χ0v) is 14.6. The highest BCUT2D eigenvalue weighted by molar-refractivity contribution is 5.60. The Hall–Kier alpha value is -1.59. The van der Waals surface area contributed by atoms with Gasteiger partial charge in [-0.3, -0.25) is 0 Å². The molecule has 0 aromatic heterocycles. The minimum Gasteiger partial charge on any atom is -0.431 e. The van der Waals surface area contributed by atoms with Crippen molar-refractivity contribution in [1.82, 2.24) is 5.06 Å². The molecule has 23 heavy (non-hydrogen) atoms. The minimum atomic E-state index is -0.659. The van der Waals surface area contributed by atoms with Crippen LogP contribution in [-0.4, -0.2) is 33.6 Å². The van der Waals surface area contributed by atoms with Crippen LogP contribution in [-0.2, 0) is 16.1 Å². The predicted octanol–water partition coefficient (Wildman–Crippen LogP) is 4.06. The highest BCUT2D eigenvalue weighted by Gasteiger charge is 2.46. The summed E-state index contributed by atoms with van der Waals surface area (Å²) < 4.78 is 10.7. The molecule has 0 unspecified atom stereocenters. The molecule has 0 bridgehead atoms. The van der Waals surface area contributed by atoms with Crippen LogP contribution in [0.5, 0.6) is 0 Å². The number of aryl methyl sites for hydroxylation is 1. The Balaban J connectivity index is 1.89. The first-order valence-electron chi connectivity index (χ1n) is 7.98. The molecule has 0 aliphatic carbocycles. The molecule has 1 N–H and O–H groups in total. The Morgan fingerprint density at radius 3 is 2.22 bits per heavy atom. The van der Waals surface area contributed by atoms with E-state index in [1.165, 1.54) is 5.06 Å². The zero-order chi connectivity index (χ0) is 17.3. The van der Waals surface area contributed by atoms with Crippen LogP contribution in [0.15, 0.2) is 24.3 Å². The molecule has 0 spiro atoms. The number of carbonyl (C=O) groups excluding carboxylic acids is 1. The fraction of sp³-hybridized carbons (Fsp3) is 0.611. The molecule has 128 valence electrons. The topological polar surface area (TPSA) is 59.0 Å². The summed E-state index contributed by atoms with van der Waals surface area (Å²) in [6.07, 6.45) is 0.196. The van der Waals surface area contributed by atoms with Gasteiger partial charge in [-0.15, -0.1) is 0 Å². The van der Waals surface area contributed by atoms with Crippen LogP contribution in [0.2, 0.25) is 0 Å². The lowest BCUT2D eigenvalue weighted by atomic mass is 9.80. The van der Waals surface area contributed by atoms with Crippen LogP contribution in [0.1, 0.15) is 51.7 Å². The minimum absolute atomic E-state index is 0.199. The van der Waals surface area contributed by atoms with Crippen molar-refractivity contribution in [3.8, 4) is 0 Å². The number of piperidine rings is 1. The van der Waals surface area contributed by atoms with Crippen LogP contribution in [0.25, 0.3) is 0 Å². The lowest BCUT2D eigenvalue weighted by Gasteiger charge is -2.50. The van der Waals surface area contributed by atoms with Crippen molar-refractivity contribution in [2.45, 2.75) is 71.2 Å². The second kappa shape index (κ2) is 6.49. The molecule has 0 saturated carbocycles. The molecule has 0 atom stereocenters. The van der Waals surface area contributed by atoms with Crippen molar-refractivity contribution >= 4 is 6.16 Å². The molecular weight excluding hydrogens is 294 g/mol. The summed E-state index contributed by atoms with van der Waals surface area (Å²) in [4.78, 5) is 11.9. The second-order valence-electron chi connectivity index (χ2n) is 7.61. The summed E-state index contributed by atoms with van der Waals surface area (Å²) in [7, 11) is 0. The zero-order valence-electron chi connectivity index (χ0n) is 14.6. The molecule has 1 saturated heterocycles. The maximum Gasteiger partial charge on any atom is 0.508 e. The van der Waals surface area contributed by atoms with Gasteiger partial charge in [0.1, 0.15) is 12.7 Å². The van der Waals surface area contributed by atoms with Gasteiger partial charge in [0.05, 0.1) is 0 Å². The third-order valence-electron chi connectivity index (χ3n) is 4.34. The molecule has 5 nitrogen and oxygen atoms in total. The first kappa shape index (κ1) is 17.8. The number of hydrogen-bond acceptors (Lipinski definition) is 5. The molecular formula is C18H27NO4. The Labute approximate surface area is 138 Å². The first-order valence-corrected chi connectivity index (χ1v) is 7.98. The Morgan fingerprint density at radius 1 is 1.17 bits per heavy atom. The number of hydroxylamine groups is 2. The van der Waals surface area contributed by atoms with Gasteiger partial charge in [-0.05, 0) is 40.2 Å². The maximum absolute atomic E-state index is 11.9. The van der Waals surface area contributed by atoms with Gasteiger partial charge in [-0.2, -0.15) is 5.06 Å². The van der Waals surface area contributed by atoms with E-state index in [-0.39, 0.29) is 12.7 Å². The Bertz CT molecular complexity index is 533. The van der Waals surface area contributed by atoms with E-state index >= 15 is 0 Å². The SMILES string of the molecule is Cc1ccc(COC(=O)OC2CC(C)(C)N(O)C(C)(C)C2)cc1. The summed E-state index contributed by atoms with van der Waals surface area (Å²) in [5.41, 5.74) is 1.18. The average molecular weight is 321 g/mol. The number of nitrogens with zero attached hydrogens (tertiary/aromatic N) is 1. The fourth-order valence-electron chi connectivity index (χ4n) is 3.26. The van der Waals surface area contributed by atoms with E-state index in [1.807, 2.05) is 58.9 Å². The van der Waals surface area contributed by atoms with Crippen molar-refractivity contribution < 1.29 is 19.5 Å². The molecule has 1 aliphatic heterocycles. The van der Waals surface area contributed by atoms with Crippen LogP contribution >= 0.6 is 0 Å². The fourth-order valence-corrected chi connectivity index (χ4v) is 3.26. The monoisotopic (exact) mass is 321 g/mol. The highest BCUT2D eigenvalue weighted by Crippen LogP contribution is 2.38.